The first kappa shape index (κ1) is 16.2. The summed E-state index contributed by atoms with van der Waals surface area (Å²) in [6.45, 7) is 10.9. The highest BCUT2D eigenvalue weighted by atomic mass is 35.5. The molecule has 0 saturated heterocycles. The van der Waals surface area contributed by atoms with Gasteiger partial charge in [0.15, 0.2) is 0 Å². The van der Waals surface area contributed by atoms with Crippen molar-refractivity contribution in [2.24, 2.45) is 16.3 Å². The van der Waals surface area contributed by atoms with E-state index >= 15 is 0 Å². The summed E-state index contributed by atoms with van der Waals surface area (Å²) in [6.07, 6.45) is 10.3. The third kappa shape index (κ3) is 2.26. The van der Waals surface area contributed by atoms with Crippen molar-refractivity contribution in [3.8, 4) is 0 Å². The van der Waals surface area contributed by atoms with E-state index in [-0.39, 0.29) is 5.41 Å². The van der Waals surface area contributed by atoms with E-state index in [9.17, 15) is 0 Å². The second kappa shape index (κ2) is 5.62. The first-order chi connectivity index (χ1) is 11.4. The van der Waals surface area contributed by atoms with Crippen LogP contribution in [0.1, 0.15) is 47.0 Å². The molecular weight excluding hydrogens is 316 g/mol. The van der Waals surface area contributed by atoms with Gasteiger partial charge in [-0.2, -0.15) is 0 Å². The van der Waals surface area contributed by atoms with E-state index in [0.29, 0.717) is 18.5 Å². The van der Waals surface area contributed by atoms with Crippen LogP contribution in [0, 0.1) is 11.3 Å². The third-order valence-corrected chi connectivity index (χ3v) is 6.77. The quantitative estimate of drug-likeness (QED) is 0.627. The van der Waals surface area contributed by atoms with Gasteiger partial charge in [-0.15, -0.1) is 0 Å². The summed E-state index contributed by atoms with van der Waals surface area (Å²) in [5, 5.41) is 0.864. The maximum atomic E-state index is 6.45. The van der Waals surface area contributed by atoms with Gasteiger partial charge in [-0.3, -0.25) is 4.99 Å². The van der Waals surface area contributed by atoms with E-state index in [1.807, 2.05) is 0 Å². The zero-order chi connectivity index (χ0) is 17.1. The molecule has 0 aromatic rings. The number of rotatable bonds is 2. The second-order valence-electron chi connectivity index (χ2n) is 8.16. The number of hydrogen-bond donors (Lipinski definition) is 0. The topological polar surface area (TPSA) is 15.6 Å². The van der Waals surface area contributed by atoms with Crippen molar-refractivity contribution >= 4 is 17.8 Å². The van der Waals surface area contributed by atoms with Crippen LogP contribution >= 0.6 is 11.6 Å². The highest BCUT2D eigenvalue weighted by molar-refractivity contribution is 6.30. The smallest absolute Gasteiger partial charge is 0.0743 e. The van der Waals surface area contributed by atoms with E-state index in [4.69, 9.17) is 11.6 Å². The zero-order valence-electron chi connectivity index (χ0n) is 15.2. The van der Waals surface area contributed by atoms with Crippen molar-refractivity contribution < 1.29 is 0 Å². The first-order valence-corrected chi connectivity index (χ1v) is 9.52. The van der Waals surface area contributed by atoms with Crippen molar-refractivity contribution in [2.45, 2.75) is 53.0 Å². The summed E-state index contributed by atoms with van der Waals surface area (Å²) < 4.78 is 0. The normalized spacial score (nSPS) is 36.4. The van der Waals surface area contributed by atoms with Gasteiger partial charge in [-0.25, -0.2) is 0 Å². The summed E-state index contributed by atoms with van der Waals surface area (Å²) >= 11 is 6.45. The second-order valence-corrected chi connectivity index (χ2v) is 8.64. The lowest BCUT2D eigenvalue weighted by atomic mass is 9.66. The Kier molecular flexibility index (Phi) is 3.80. The van der Waals surface area contributed by atoms with Crippen LogP contribution in [-0.4, -0.2) is 30.2 Å². The standard InChI is InChI=1S/C21H27ClN2/c1-13(2)7-8-24-19-6-5-18-16-9-15(22)11-23-12-21(18,4)14(3)20(24)10-17(16)19/h7,9,12,14,20H,5-6,8,10-11H2,1-4H3/b15-9+,23-12?. The average Bonchev–Trinajstić information content (AvgIpc) is 2.87. The van der Waals surface area contributed by atoms with Crippen molar-refractivity contribution in [3.63, 3.8) is 0 Å². The van der Waals surface area contributed by atoms with Crippen molar-refractivity contribution in [1.29, 1.82) is 0 Å². The average molecular weight is 343 g/mol. The number of aliphatic imine (C=N–C) groups is 1. The van der Waals surface area contributed by atoms with E-state index in [1.165, 1.54) is 17.6 Å². The molecule has 0 aromatic carbocycles. The lowest BCUT2D eigenvalue weighted by Crippen LogP contribution is -2.46. The minimum atomic E-state index is 0.0466. The van der Waals surface area contributed by atoms with Crippen molar-refractivity contribution in [3.05, 3.63) is 45.2 Å². The number of fused-ring (bicyclic) bond motifs is 1. The van der Waals surface area contributed by atoms with Gasteiger partial charge in [0.1, 0.15) is 0 Å². The lowest BCUT2D eigenvalue weighted by Gasteiger charge is -2.46. The molecule has 2 aliphatic heterocycles. The summed E-state index contributed by atoms with van der Waals surface area (Å²) in [6, 6.07) is 0.570. The number of allylic oxidation sites excluding steroid dienone is 5. The van der Waals surface area contributed by atoms with Gasteiger partial charge in [0, 0.05) is 34.9 Å². The van der Waals surface area contributed by atoms with Gasteiger partial charge in [0.2, 0.25) is 0 Å². The molecule has 0 N–H and O–H groups in total. The number of nitrogens with zero attached hydrogens (tertiary/aromatic N) is 2. The van der Waals surface area contributed by atoms with Gasteiger partial charge in [0.25, 0.3) is 0 Å². The Bertz CT molecular complexity index is 733. The molecule has 2 nitrogen and oxygen atoms in total. The maximum absolute atomic E-state index is 6.45. The molecule has 3 heteroatoms. The van der Waals surface area contributed by atoms with Crippen LogP contribution < -0.4 is 0 Å². The van der Waals surface area contributed by atoms with Crippen LogP contribution in [0.25, 0.3) is 0 Å². The number of halogens is 1. The van der Waals surface area contributed by atoms with Crippen molar-refractivity contribution in [2.75, 3.05) is 13.1 Å². The third-order valence-electron chi connectivity index (χ3n) is 6.54. The van der Waals surface area contributed by atoms with E-state index < -0.39 is 0 Å². The van der Waals surface area contributed by atoms with Crippen molar-refractivity contribution in [1.82, 2.24) is 4.90 Å². The Hall–Kier alpha value is -1.28. The fourth-order valence-corrected chi connectivity index (χ4v) is 5.21. The van der Waals surface area contributed by atoms with Gasteiger partial charge in [-0.1, -0.05) is 42.7 Å². The Balaban J connectivity index is 1.91. The predicted molar refractivity (Wildman–Crippen MR) is 102 cm³/mol. The molecule has 0 radical (unpaired) electrons. The fourth-order valence-electron chi connectivity index (χ4n) is 5.03. The van der Waals surface area contributed by atoms with Gasteiger partial charge < -0.3 is 4.90 Å². The molecule has 0 amide bonds. The molecule has 5 bridgehead atoms. The van der Waals surface area contributed by atoms with Gasteiger partial charge in [-0.05, 0) is 56.3 Å². The van der Waals surface area contributed by atoms with Crippen LogP contribution in [-0.2, 0) is 0 Å². The summed E-state index contributed by atoms with van der Waals surface area (Å²) in [5.41, 5.74) is 7.58. The molecule has 2 aliphatic carbocycles. The Morgan fingerprint density at radius 2 is 2.21 bits per heavy atom. The molecule has 24 heavy (non-hydrogen) atoms. The largest absolute Gasteiger partial charge is 0.367 e. The monoisotopic (exact) mass is 342 g/mol. The fraction of sp³-hybridized carbons (Fsp3) is 0.571. The molecule has 0 fully saturated rings. The first-order valence-electron chi connectivity index (χ1n) is 9.15. The summed E-state index contributed by atoms with van der Waals surface area (Å²) in [7, 11) is 0. The molecule has 3 unspecified atom stereocenters. The molecule has 128 valence electrons. The van der Waals surface area contributed by atoms with Gasteiger partial charge in [0.05, 0.1) is 6.54 Å². The number of likely N-dealkylation sites (tertiary alicyclic amines) is 1. The van der Waals surface area contributed by atoms with Crippen LogP contribution in [0.4, 0.5) is 0 Å². The SMILES string of the molecule is CC(C)=CCN1C2=C3CC1C(C)C1(C)C=NC/C(Cl)=C\C3=C1CC2. The highest BCUT2D eigenvalue weighted by Crippen LogP contribution is 2.56. The molecule has 4 aliphatic rings. The Morgan fingerprint density at radius 3 is 2.96 bits per heavy atom. The highest BCUT2D eigenvalue weighted by Gasteiger charge is 2.50. The summed E-state index contributed by atoms with van der Waals surface area (Å²) in [5.74, 6) is 0.553. The molecule has 0 saturated carbocycles. The minimum absolute atomic E-state index is 0.0466. The van der Waals surface area contributed by atoms with Crippen LogP contribution in [0.5, 0.6) is 0 Å². The molecule has 3 atom stereocenters. The zero-order valence-corrected chi connectivity index (χ0v) is 16.0. The molecule has 2 heterocycles. The van der Waals surface area contributed by atoms with Crippen LogP contribution in [0.15, 0.2) is 50.2 Å². The number of hydrogen-bond acceptors (Lipinski definition) is 2. The molecule has 4 rings (SSSR count). The molecule has 0 spiro atoms. The maximum Gasteiger partial charge on any atom is 0.0743 e. The lowest BCUT2D eigenvalue weighted by molar-refractivity contribution is 0.162. The van der Waals surface area contributed by atoms with Gasteiger partial charge >= 0.3 is 0 Å². The Morgan fingerprint density at radius 1 is 1.42 bits per heavy atom. The Labute approximate surface area is 150 Å². The summed E-state index contributed by atoms with van der Waals surface area (Å²) in [4.78, 5) is 7.37. The molecular formula is C21H27ClN2. The van der Waals surface area contributed by atoms with E-state index in [2.05, 4.69) is 56.0 Å². The van der Waals surface area contributed by atoms with Crippen LogP contribution in [0.2, 0.25) is 0 Å². The predicted octanol–water partition coefficient (Wildman–Crippen LogP) is 5.23. The van der Waals surface area contributed by atoms with E-state index in [0.717, 1.165) is 24.4 Å². The minimum Gasteiger partial charge on any atom is -0.367 e. The molecule has 0 aromatic heterocycles. The van der Waals surface area contributed by atoms with Crippen LogP contribution in [0.3, 0.4) is 0 Å². The van der Waals surface area contributed by atoms with E-state index in [1.54, 1.807) is 16.8 Å².